The molecule has 0 heterocycles. The molecule has 6 heteroatoms. The van der Waals surface area contributed by atoms with E-state index < -0.39 is 23.7 Å². The molecule has 0 unspecified atom stereocenters. The first kappa shape index (κ1) is 35.3. The third-order valence-corrected chi connectivity index (χ3v) is 7.08. The lowest BCUT2D eigenvalue weighted by Crippen LogP contribution is -2.43. The fraction of sp³-hybridized carbons (Fsp3) is 0.967. The van der Waals surface area contributed by atoms with Crippen LogP contribution in [0.5, 0.6) is 0 Å². The molecule has 0 aromatic heterocycles. The number of nitrogens with zero attached hydrogens (tertiary/aromatic N) is 1. The van der Waals surface area contributed by atoms with Gasteiger partial charge in [0.2, 0.25) is 0 Å². The molecule has 0 aliphatic carbocycles. The topological polar surface area (TPSA) is 90.2 Å². The molecule has 0 aromatic rings. The molecule has 6 nitrogen and oxygen atoms in total. The van der Waals surface area contributed by atoms with Gasteiger partial charge in [-0.2, -0.15) is 0 Å². The molecule has 0 amide bonds. The Morgan fingerprint density at radius 2 is 1.08 bits per heavy atom. The average Bonchev–Trinajstić information content (AvgIpc) is 2.80. The van der Waals surface area contributed by atoms with Crippen molar-refractivity contribution in [1.82, 2.24) is 4.90 Å². The largest absolute Gasteiger partial charge is 0.462 e. The van der Waals surface area contributed by atoms with E-state index in [1.165, 1.54) is 64.2 Å². The first-order chi connectivity index (χ1) is 17.1. The second kappa shape index (κ2) is 22.3. The maximum atomic E-state index is 13.2. The molecule has 3 atom stereocenters. The third-order valence-electron chi connectivity index (χ3n) is 7.08. The normalized spacial score (nSPS) is 14.7. The Morgan fingerprint density at radius 1 is 0.694 bits per heavy atom. The standard InChI is InChI=1S/C30H61NO5/c1-6-8-10-12-14-16-18-20-30(5,21-19-17-15-13-11-9-7-2)29(35)36-25-28(34)24-31(22-26(3)32)23-27(4)33/h26-28,32-34H,6-25H2,1-5H3/t26-,27-,28-/m1/s1. The van der Waals surface area contributed by atoms with E-state index in [1.54, 1.807) is 13.8 Å². The average molecular weight is 516 g/mol. The van der Waals surface area contributed by atoms with Crippen LogP contribution in [-0.4, -0.2) is 70.7 Å². The summed E-state index contributed by atoms with van der Waals surface area (Å²) in [4.78, 5) is 15.0. The number of aliphatic hydroxyl groups is 3. The Morgan fingerprint density at radius 3 is 1.47 bits per heavy atom. The number of carbonyl (C=O) groups excluding carboxylic acids is 1. The molecule has 0 radical (unpaired) electrons. The van der Waals surface area contributed by atoms with Gasteiger partial charge in [0.25, 0.3) is 0 Å². The minimum Gasteiger partial charge on any atom is -0.462 e. The van der Waals surface area contributed by atoms with Crippen LogP contribution in [0.4, 0.5) is 0 Å². The zero-order valence-electron chi connectivity index (χ0n) is 24.5. The van der Waals surface area contributed by atoms with Gasteiger partial charge in [0, 0.05) is 19.6 Å². The molecule has 0 fully saturated rings. The fourth-order valence-electron chi connectivity index (χ4n) is 4.94. The van der Waals surface area contributed by atoms with E-state index in [4.69, 9.17) is 4.74 Å². The van der Waals surface area contributed by atoms with Crippen molar-refractivity contribution in [1.29, 1.82) is 0 Å². The van der Waals surface area contributed by atoms with Crippen LogP contribution in [0.25, 0.3) is 0 Å². The number of unbranched alkanes of at least 4 members (excludes halogenated alkanes) is 12. The van der Waals surface area contributed by atoms with Crippen LogP contribution in [0, 0.1) is 5.41 Å². The Kier molecular flexibility index (Phi) is 21.9. The van der Waals surface area contributed by atoms with E-state index in [9.17, 15) is 20.1 Å². The van der Waals surface area contributed by atoms with Gasteiger partial charge in [0.05, 0.1) is 17.6 Å². The molecule has 0 rings (SSSR count). The molecular formula is C30H61NO5. The molecule has 0 saturated heterocycles. The lowest BCUT2D eigenvalue weighted by atomic mass is 9.79. The van der Waals surface area contributed by atoms with Crippen molar-refractivity contribution < 1.29 is 24.9 Å². The van der Waals surface area contributed by atoms with Gasteiger partial charge in [-0.1, -0.05) is 104 Å². The first-order valence-electron chi connectivity index (χ1n) is 15.1. The van der Waals surface area contributed by atoms with Gasteiger partial charge in [0.15, 0.2) is 0 Å². The summed E-state index contributed by atoms with van der Waals surface area (Å²) in [6, 6.07) is 0. The molecular weight excluding hydrogens is 454 g/mol. The maximum absolute atomic E-state index is 13.2. The van der Waals surface area contributed by atoms with E-state index in [-0.39, 0.29) is 19.1 Å². The van der Waals surface area contributed by atoms with Gasteiger partial charge < -0.3 is 20.1 Å². The van der Waals surface area contributed by atoms with Crippen molar-refractivity contribution in [2.75, 3.05) is 26.2 Å². The van der Waals surface area contributed by atoms with Gasteiger partial charge >= 0.3 is 5.97 Å². The highest BCUT2D eigenvalue weighted by Gasteiger charge is 2.34. The molecule has 36 heavy (non-hydrogen) atoms. The SMILES string of the molecule is CCCCCCCCCC(C)(CCCCCCCCC)C(=O)OC[C@H](O)CN(C[C@@H](C)O)C[C@@H](C)O. The van der Waals surface area contributed by atoms with Crippen molar-refractivity contribution in [3.63, 3.8) is 0 Å². The van der Waals surface area contributed by atoms with Gasteiger partial charge in [-0.3, -0.25) is 9.69 Å². The highest BCUT2D eigenvalue weighted by molar-refractivity contribution is 5.76. The number of esters is 1. The third kappa shape index (κ3) is 19.4. The number of hydrogen-bond donors (Lipinski definition) is 3. The number of ether oxygens (including phenoxy) is 1. The summed E-state index contributed by atoms with van der Waals surface area (Å²) in [5, 5.41) is 29.9. The van der Waals surface area contributed by atoms with E-state index in [2.05, 4.69) is 13.8 Å². The van der Waals surface area contributed by atoms with E-state index >= 15 is 0 Å². The summed E-state index contributed by atoms with van der Waals surface area (Å²) in [6.45, 7) is 10.8. The number of aliphatic hydroxyl groups excluding tert-OH is 3. The molecule has 216 valence electrons. The predicted molar refractivity (Wildman–Crippen MR) is 150 cm³/mol. The molecule has 3 N–H and O–H groups in total. The predicted octanol–water partition coefficient (Wildman–Crippen LogP) is 6.24. The summed E-state index contributed by atoms with van der Waals surface area (Å²) in [7, 11) is 0. The molecule has 0 aromatic carbocycles. The van der Waals surface area contributed by atoms with Crippen molar-refractivity contribution in [2.45, 2.75) is 156 Å². The molecule has 0 aliphatic rings. The van der Waals surface area contributed by atoms with Crippen molar-refractivity contribution in [3.05, 3.63) is 0 Å². The fourth-order valence-corrected chi connectivity index (χ4v) is 4.94. The minimum absolute atomic E-state index is 0.0570. The number of rotatable bonds is 25. The Balaban J connectivity index is 4.75. The van der Waals surface area contributed by atoms with Gasteiger partial charge in [-0.25, -0.2) is 0 Å². The quantitative estimate of drug-likeness (QED) is 0.0984. The molecule has 0 saturated carbocycles. The molecule has 0 aliphatic heterocycles. The second-order valence-corrected chi connectivity index (χ2v) is 11.5. The van der Waals surface area contributed by atoms with Crippen molar-refractivity contribution in [2.24, 2.45) is 5.41 Å². The van der Waals surface area contributed by atoms with Crippen LogP contribution in [0.2, 0.25) is 0 Å². The Labute approximate surface area is 223 Å². The monoisotopic (exact) mass is 515 g/mol. The molecule has 0 bridgehead atoms. The van der Waals surface area contributed by atoms with Crippen LogP contribution in [0.3, 0.4) is 0 Å². The lowest BCUT2D eigenvalue weighted by Gasteiger charge is -2.30. The highest BCUT2D eigenvalue weighted by Crippen LogP contribution is 2.33. The summed E-state index contributed by atoms with van der Waals surface area (Å²) in [5.41, 5.74) is -0.508. The lowest BCUT2D eigenvalue weighted by molar-refractivity contribution is -0.159. The summed E-state index contributed by atoms with van der Waals surface area (Å²) < 4.78 is 5.66. The van der Waals surface area contributed by atoms with Crippen LogP contribution < -0.4 is 0 Å². The highest BCUT2D eigenvalue weighted by atomic mass is 16.5. The van der Waals surface area contributed by atoms with Gasteiger partial charge in [-0.15, -0.1) is 0 Å². The van der Waals surface area contributed by atoms with Crippen LogP contribution in [-0.2, 0) is 9.53 Å². The summed E-state index contributed by atoms with van der Waals surface area (Å²) in [6.07, 6.45) is 16.8. The van der Waals surface area contributed by atoms with Crippen LogP contribution in [0.1, 0.15) is 137 Å². The Hall–Kier alpha value is -0.690. The first-order valence-corrected chi connectivity index (χ1v) is 15.1. The van der Waals surface area contributed by atoms with E-state index in [0.29, 0.717) is 13.1 Å². The zero-order valence-corrected chi connectivity index (χ0v) is 24.5. The summed E-state index contributed by atoms with van der Waals surface area (Å²) >= 11 is 0. The molecule has 0 spiro atoms. The maximum Gasteiger partial charge on any atom is 0.311 e. The van der Waals surface area contributed by atoms with E-state index in [0.717, 1.165) is 38.5 Å². The van der Waals surface area contributed by atoms with Crippen molar-refractivity contribution in [3.8, 4) is 0 Å². The second-order valence-electron chi connectivity index (χ2n) is 11.5. The zero-order chi connectivity index (χ0) is 27.2. The van der Waals surface area contributed by atoms with E-state index in [1.807, 2.05) is 11.8 Å². The smallest absolute Gasteiger partial charge is 0.311 e. The number of hydrogen-bond acceptors (Lipinski definition) is 6. The van der Waals surface area contributed by atoms with Gasteiger partial charge in [0.1, 0.15) is 12.7 Å². The summed E-state index contributed by atoms with van der Waals surface area (Å²) in [5.74, 6) is -0.198. The van der Waals surface area contributed by atoms with Crippen LogP contribution in [0.15, 0.2) is 0 Å². The Bertz CT molecular complexity index is 484. The van der Waals surface area contributed by atoms with Crippen molar-refractivity contribution >= 4 is 5.97 Å². The minimum atomic E-state index is -0.854. The number of carbonyl (C=O) groups is 1. The van der Waals surface area contributed by atoms with Gasteiger partial charge in [-0.05, 0) is 33.6 Å². The van der Waals surface area contributed by atoms with Crippen LogP contribution >= 0.6 is 0 Å².